The van der Waals surface area contributed by atoms with Gasteiger partial charge in [0.1, 0.15) is 6.20 Å². The number of rotatable bonds is 7. The van der Waals surface area contributed by atoms with Crippen molar-refractivity contribution in [2.24, 2.45) is 0 Å². The summed E-state index contributed by atoms with van der Waals surface area (Å²) in [4.78, 5) is 16.6. The van der Waals surface area contributed by atoms with Crippen molar-refractivity contribution in [2.75, 3.05) is 20.6 Å². The van der Waals surface area contributed by atoms with E-state index in [1.807, 2.05) is 18.2 Å². The SMILES string of the molecule is CN(C)CCC(Sc1ccc([N+](=O)[O-])cn1)c1ccccc1. The van der Waals surface area contributed by atoms with E-state index in [1.54, 1.807) is 17.8 Å². The highest BCUT2D eigenvalue weighted by Gasteiger charge is 2.15. The number of nitrogens with zero attached hydrogens (tertiary/aromatic N) is 3. The van der Waals surface area contributed by atoms with Crippen LogP contribution in [0.1, 0.15) is 17.2 Å². The average Bonchev–Trinajstić information content (AvgIpc) is 2.52. The zero-order chi connectivity index (χ0) is 15.9. The minimum absolute atomic E-state index is 0.0221. The summed E-state index contributed by atoms with van der Waals surface area (Å²) < 4.78 is 0. The Labute approximate surface area is 134 Å². The Morgan fingerprint density at radius 3 is 2.50 bits per heavy atom. The number of hydrogen-bond donors (Lipinski definition) is 0. The van der Waals surface area contributed by atoms with Crippen LogP contribution in [0.3, 0.4) is 0 Å². The highest BCUT2D eigenvalue weighted by atomic mass is 32.2. The number of benzene rings is 1. The molecule has 116 valence electrons. The maximum atomic E-state index is 10.7. The van der Waals surface area contributed by atoms with Crippen LogP contribution in [0.15, 0.2) is 53.7 Å². The Morgan fingerprint density at radius 1 is 1.23 bits per heavy atom. The summed E-state index contributed by atoms with van der Waals surface area (Å²) in [6.07, 6.45) is 2.30. The zero-order valence-electron chi connectivity index (χ0n) is 12.7. The number of pyridine rings is 1. The molecule has 0 aliphatic carbocycles. The van der Waals surface area contributed by atoms with Crippen LogP contribution in [0.5, 0.6) is 0 Å². The smallest absolute Gasteiger partial charge is 0.287 e. The molecule has 1 unspecified atom stereocenters. The fraction of sp³-hybridized carbons (Fsp3) is 0.312. The van der Waals surface area contributed by atoms with Crippen LogP contribution in [-0.4, -0.2) is 35.4 Å². The monoisotopic (exact) mass is 317 g/mol. The molecule has 5 nitrogen and oxygen atoms in total. The van der Waals surface area contributed by atoms with Crippen LogP contribution in [0.4, 0.5) is 5.69 Å². The van der Waals surface area contributed by atoms with Crippen LogP contribution >= 0.6 is 11.8 Å². The summed E-state index contributed by atoms with van der Waals surface area (Å²) in [6.45, 7) is 0.972. The van der Waals surface area contributed by atoms with E-state index in [0.29, 0.717) is 0 Å². The van der Waals surface area contributed by atoms with Gasteiger partial charge in [-0.15, -0.1) is 0 Å². The first kappa shape index (κ1) is 16.5. The molecule has 1 heterocycles. The summed E-state index contributed by atoms with van der Waals surface area (Å²) in [5.41, 5.74) is 1.27. The van der Waals surface area contributed by atoms with Crippen molar-refractivity contribution in [3.8, 4) is 0 Å². The molecule has 6 heteroatoms. The highest BCUT2D eigenvalue weighted by Crippen LogP contribution is 2.37. The van der Waals surface area contributed by atoms with Crippen molar-refractivity contribution >= 4 is 17.4 Å². The fourth-order valence-corrected chi connectivity index (χ4v) is 3.10. The van der Waals surface area contributed by atoms with E-state index in [1.165, 1.54) is 17.8 Å². The van der Waals surface area contributed by atoms with E-state index in [-0.39, 0.29) is 10.9 Å². The molecule has 2 aromatic rings. The predicted octanol–water partition coefficient (Wildman–Crippen LogP) is 3.77. The van der Waals surface area contributed by atoms with Crippen molar-refractivity contribution in [3.05, 3.63) is 64.3 Å². The third-order valence-corrected chi connectivity index (χ3v) is 4.48. The molecule has 0 N–H and O–H groups in total. The van der Waals surface area contributed by atoms with E-state index in [4.69, 9.17) is 0 Å². The molecule has 0 aliphatic rings. The van der Waals surface area contributed by atoms with Crippen molar-refractivity contribution in [1.29, 1.82) is 0 Å². The largest absolute Gasteiger partial charge is 0.309 e. The lowest BCUT2D eigenvalue weighted by Gasteiger charge is -2.19. The van der Waals surface area contributed by atoms with E-state index < -0.39 is 4.92 Å². The quantitative estimate of drug-likeness (QED) is 0.442. The number of hydrogen-bond acceptors (Lipinski definition) is 5. The van der Waals surface area contributed by atoms with Gasteiger partial charge < -0.3 is 4.90 Å². The van der Waals surface area contributed by atoms with Crippen LogP contribution in [0, 0.1) is 10.1 Å². The third kappa shape index (κ3) is 4.82. The average molecular weight is 317 g/mol. The molecule has 2 rings (SSSR count). The Morgan fingerprint density at radius 2 is 1.95 bits per heavy atom. The van der Waals surface area contributed by atoms with Gasteiger partial charge in [0, 0.05) is 11.3 Å². The molecule has 0 amide bonds. The molecule has 1 aromatic carbocycles. The minimum Gasteiger partial charge on any atom is -0.309 e. The second-order valence-corrected chi connectivity index (χ2v) is 6.44. The Bertz CT molecular complexity index is 603. The molecule has 1 aromatic heterocycles. The fourth-order valence-electron chi connectivity index (χ4n) is 2.03. The first-order valence-electron chi connectivity index (χ1n) is 7.03. The molecule has 0 spiro atoms. The summed E-state index contributed by atoms with van der Waals surface area (Å²) in [5.74, 6) is 0. The molecule has 0 bridgehead atoms. The van der Waals surface area contributed by atoms with Gasteiger partial charge in [-0.1, -0.05) is 42.1 Å². The summed E-state index contributed by atoms with van der Waals surface area (Å²) in [6, 6.07) is 13.5. The second-order valence-electron chi connectivity index (χ2n) is 5.22. The van der Waals surface area contributed by atoms with Crippen LogP contribution in [-0.2, 0) is 0 Å². The van der Waals surface area contributed by atoms with E-state index in [2.05, 4.69) is 36.1 Å². The van der Waals surface area contributed by atoms with Gasteiger partial charge in [-0.3, -0.25) is 10.1 Å². The molecular weight excluding hydrogens is 298 g/mol. The Kier molecular flexibility index (Phi) is 5.91. The number of thioether (sulfide) groups is 1. The van der Waals surface area contributed by atoms with Gasteiger partial charge in [-0.25, -0.2) is 4.98 Å². The predicted molar refractivity (Wildman–Crippen MR) is 89.1 cm³/mol. The summed E-state index contributed by atoms with van der Waals surface area (Å²) in [5, 5.41) is 11.8. The lowest BCUT2D eigenvalue weighted by atomic mass is 10.1. The highest BCUT2D eigenvalue weighted by molar-refractivity contribution is 7.99. The van der Waals surface area contributed by atoms with E-state index >= 15 is 0 Å². The van der Waals surface area contributed by atoms with Crippen LogP contribution in [0.25, 0.3) is 0 Å². The maximum absolute atomic E-state index is 10.7. The molecule has 22 heavy (non-hydrogen) atoms. The maximum Gasteiger partial charge on any atom is 0.287 e. The van der Waals surface area contributed by atoms with Crippen molar-refractivity contribution < 1.29 is 4.92 Å². The van der Waals surface area contributed by atoms with Crippen molar-refractivity contribution in [1.82, 2.24) is 9.88 Å². The van der Waals surface area contributed by atoms with Crippen LogP contribution in [0.2, 0.25) is 0 Å². The standard InChI is InChI=1S/C16H19N3O2S/c1-18(2)11-10-15(13-6-4-3-5-7-13)22-16-9-8-14(12-17-16)19(20)21/h3-9,12,15H,10-11H2,1-2H3. The van der Waals surface area contributed by atoms with Gasteiger partial charge in [0.25, 0.3) is 5.69 Å². The van der Waals surface area contributed by atoms with Crippen molar-refractivity contribution in [2.45, 2.75) is 16.7 Å². The summed E-state index contributed by atoms with van der Waals surface area (Å²) >= 11 is 1.64. The molecule has 0 saturated carbocycles. The molecule has 0 radical (unpaired) electrons. The van der Waals surface area contributed by atoms with Crippen molar-refractivity contribution in [3.63, 3.8) is 0 Å². The van der Waals surface area contributed by atoms with E-state index in [9.17, 15) is 10.1 Å². The van der Waals surface area contributed by atoms with Gasteiger partial charge in [-0.2, -0.15) is 0 Å². The molecule has 0 saturated heterocycles. The molecule has 0 aliphatic heterocycles. The summed E-state index contributed by atoms with van der Waals surface area (Å²) in [7, 11) is 4.10. The van der Waals surface area contributed by atoms with Gasteiger partial charge in [0.2, 0.25) is 0 Å². The third-order valence-electron chi connectivity index (χ3n) is 3.20. The second kappa shape index (κ2) is 7.91. The Hall–Kier alpha value is -1.92. The number of aromatic nitrogens is 1. The number of nitro groups is 1. The normalized spacial score (nSPS) is 12.3. The lowest BCUT2D eigenvalue weighted by molar-refractivity contribution is -0.385. The first-order chi connectivity index (χ1) is 10.6. The lowest BCUT2D eigenvalue weighted by Crippen LogP contribution is -2.15. The minimum atomic E-state index is -0.428. The zero-order valence-corrected chi connectivity index (χ0v) is 13.5. The van der Waals surface area contributed by atoms with E-state index in [0.717, 1.165) is 18.0 Å². The Balaban J connectivity index is 2.13. The van der Waals surface area contributed by atoms with Gasteiger partial charge in [0.15, 0.2) is 0 Å². The molecular formula is C16H19N3O2S. The molecule has 0 fully saturated rings. The van der Waals surface area contributed by atoms with Gasteiger partial charge >= 0.3 is 0 Å². The van der Waals surface area contributed by atoms with Crippen LogP contribution < -0.4 is 0 Å². The molecule has 1 atom stereocenters. The first-order valence-corrected chi connectivity index (χ1v) is 7.91. The van der Waals surface area contributed by atoms with Gasteiger partial charge in [0.05, 0.1) is 9.95 Å². The topological polar surface area (TPSA) is 59.3 Å². The van der Waals surface area contributed by atoms with Gasteiger partial charge in [-0.05, 0) is 38.7 Å².